The first-order chi connectivity index (χ1) is 11.0. The average Bonchev–Trinajstić information content (AvgIpc) is 2.55. The van der Waals surface area contributed by atoms with Crippen LogP contribution in [0.3, 0.4) is 0 Å². The molecule has 5 heteroatoms. The normalized spacial score (nSPS) is 10.3. The van der Waals surface area contributed by atoms with Crippen LogP contribution >= 0.6 is 0 Å². The minimum Gasteiger partial charge on any atom is -0.497 e. The Morgan fingerprint density at radius 3 is 2.30 bits per heavy atom. The molecule has 0 unspecified atom stereocenters. The van der Waals surface area contributed by atoms with Gasteiger partial charge in [-0.2, -0.15) is 0 Å². The minimum absolute atomic E-state index is 0.171. The Kier molecular flexibility index (Phi) is 5.36. The largest absolute Gasteiger partial charge is 0.497 e. The number of carbonyl (C=O) groups is 2. The van der Waals surface area contributed by atoms with Crippen LogP contribution in [0, 0.1) is 0 Å². The SMILES string of the molecule is COc1cccc(C(=O)Nc2ccc(C(=O)OC(C)C)cc2)c1. The zero-order valence-electron chi connectivity index (χ0n) is 13.3. The van der Waals surface area contributed by atoms with Gasteiger partial charge in [0.05, 0.1) is 18.8 Å². The molecule has 0 aliphatic carbocycles. The first kappa shape index (κ1) is 16.5. The molecule has 120 valence electrons. The molecule has 0 spiro atoms. The molecule has 0 fully saturated rings. The third kappa shape index (κ3) is 4.57. The summed E-state index contributed by atoms with van der Waals surface area (Å²) in [5.41, 5.74) is 1.53. The number of hydrogen-bond donors (Lipinski definition) is 1. The van der Waals surface area contributed by atoms with Crippen LogP contribution in [0.4, 0.5) is 5.69 Å². The summed E-state index contributed by atoms with van der Waals surface area (Å²) in [4.78, 5) is 23.9. The van der Waals surface area contributed by atoms with Crippen molar-refractivity contribution in [1.29, 1.82) is 0 Å². The Morgan fingerprint density at radius 2 is 1.70 bits per heavy atom. The summed E-state index contributed by atoms with van der Waals surface area (Å²) in [7, 11) is 1.55. The summed E-state index contributed by atoms with van der Waals surface area (Å²) < 4.78 is 10.2. The van der Waals surface area contributed by atoms with Crippen LogP contribution in [0.2, 0.25) is 0 Å². The summed E-state index contributed by atoms with van der Waals surface area (Å²) in [5.74, 6) is -0.0171. The number of benzene rings is 2. The van der Waals surface area contributed by atoms with E-state index >= 15 is 0 Å². The zero-order chi connectivity index (χ0) is 16.8. The highest BCUT2D eigenvalue weighted by Crippen LogP contribution is 2.16. The predicted molar refractivity (Wildman–Crippen MR) is 87.9 cm³/mol. The lowest BCUT2D eigenvalue weighted by atomic mass is 10.1. The molecule has 0 aliphatic rings. The van der Waals surface area contributed by atoms with Crippen LogP contribution < -0.4 is 10.1 Å². The average molecular weight is 313 g/mol. The summed E-state index contributed by atoms with van der Waals surface area (Å²) in [6.07, 6.45) is -0.171. The number of amides is 1. The molecule has 23 heavy (non-hydrogen) atoms. The molecule has 2 rings (SSSR count). The molecular weight excluding hydrogens is 294 g/mol. The Morgan fingerprint density at radius 1 is 1.00 bits per heavy atom. The van der Waals surface area contributed by atoms with E-state index in [1.807, 2.05) is 0 Å². The van der Waals surface area contributed by atoms with Gasteiger partial charge in [0.1, 0.15) is 5.75 Å². The van der Waals surface area contributed by atoms with Gasteiger partial charge in [-0.05, 0) is 56.3 Å². The first-order valence-electron chi connectivity index (χ1n) is 7.26. The Balaban J connectivity index is 2.05. The van der Waals surface area contributed by atoms with Gasteiger partial charge in [0.15, 0.2) is 0 Å². The van der Waals surface area contributed by atoms with Crippen LogP contribution in [0.1, 0.15) is 34.6 Å². The van der Waals surface area contributed by atoms with E-state index in [2.05, 4.69) is 5.32 Å². The highest BCUT2D eigenvalue weighted by atomic mass is 16.5. The van der Waals surface area contributed by atoms with Gasteiger partial charge in [-0.3, -0.25) is 4.79 Å². The van der Waals surface area contributed by atoms with E-state index in [0.29, 0.717) is 22.6 Å². The molecule has 0 saturated carbocycles. The fourth-order valence-corrected chi connectivity index (χ4v) is 1.94. The van der Waals surface area contributed by atoms with Gasteiger partial charge in [-0.25, -0.2) is 4.79 Å². The molecule has 0 aromatic heterocycles. The Labute approximate surface area is 135 Å². The highest BCUT2D eigenvalue weighted by molar-refractivity contribution is 6.04. The van der Waals surface area contributed by atoms with E-state index in [-0.39, 0.29) is 18.0 Å². The van der Waals surface area contributed by atoms with Crippen molar-refractivity contribution in [2.24, 2.45) is 0 Å². The maximum absolute atomic E-state index is 12.2. The zero-order valence-corrected chi connectivity index (χ0v) is 13.3. The number of anilines is 1. The molecule has 0 radical (unpaired) electrons. The molecule has 2 aromatic carbocycles. The van der Waals surface area contributed by atoms with Crippen molar-refractivity contribution in [2.45, 2.75) is 20.0 Å². The number of methoxy groups -OCH3 is 1. The number of carbonyl (C=O) groups excluding carboxylic acids is 2. The lowest BCUT2D eigenvalue weighted by molar-refractivity contribution is 0.0378. The van der Waals surface area contributed by atoms with E-state index in [4.69, 9.17) is 9.47 Å². The quantitative estimate of drug-likeness (QED) is 0.858. The molecule has 0 saturated heterocycles. The summed E-state index contributed by atoms with van der Waals surface area (Å²) in [6.45, 7) is 3.58. The molecule has 2 aromatic rings. The maximum Gasteiger partial charge on any atom is 0.338 e. The number of rotatable bonds is 5. The fourth-order valence-electron chi connectivity index (χ4n) is 1.94. The van der Waals surface area contributed by atoms with Gasteiger partial charge in [0, 0.05) is 11.3 Å². The van der Waals surface area contributed by atoms with E-state index < -0.39 is 0 Å². The maximum atomic E-state index is 12.2. The van der Waals surface area contributed by atoms with Gasteiger partial charge in [0.25, 0.3) is 5.91 Å². The third-order valence-electron chi connectivity index (χ3n) is 3.05. The lowest BCUT2D eigenvalue weighted by Crippen LogP contribution is -2.13. The van der Waals surface area contributed by atoms with Crippen molar-refractivity contribution < 1.29 is 19.1 Å². The number of ether oxygens (including phenoxy) is 2. The first-order valence-corrected chi connectivity index (χ1v) is 7.26. The summed E-state index contributed by atoms with van der Waals surface area (Å²) in [5, 5.41) is 2.77. The molecule has 1 amide bonds. The summed E-state index contributed by atoms with van der Waals surface area (Å²) in [6, 6.07) is 13.4. The van der Waals surface area contributed by atoms with Crippen molar-refractivity contribution in [1.82, 2.24) is 0 Å². The monoisotopic (exact) mass is 313 g/mol. The van der Waals surface area contributed by atoms with Crippen molar-refractivity contribution >= 4 is 17.6 Å². The van der Waals surface area contributed by atoms with Gasteiger partial charge < -0.3 is 14.8 Å². The molecule has 0 heterocycles. The second-order valence-electron chi connectivity index (χ2n) is 5.22. The van der Waals surface area contributed by atoms with Crippen molar-refractivity contribution in [3.63, 3.8) is 0 Å². The van der Waals surface area contributed by atoms with Crippen molar-refractivity contribution in [2.75, 3.05) is 12.4 Å². The predicted octanol–water partition coefficient (Wildman–Crippen LogP) is 3.51. The lowest BCUT2D eigenvalue weighted by Gasteiger charge is -2.09. The van der Waals surface area contributed by atoms with Crippen LogP contribution in [-0.4, -0.2) is 25.1 Å². The number of hydrogen-bond acceptors (Lipinski definition) is 4. The van der Waals surface area contributed by atoms with Crippen LogP contribution in [0.15, 0.2) is 48.5 Å². The molecule has 0 atom stereocenters. The van der Waals surface area contributed by atoms with Crippen LogP contribution in [0.25, 0.3) is 0 Å². The third-order valence-corrected chi connectivity index (χ3v) is 3.05. The van der Waals surface area contributed by atoms with Crippen LogP contribution in [0.5, 0.6) is 5.75 Å². The van der Waals surface area contributed by atoms with Gasteiger partial charge >= 0.3 is 5.97 Å². The summed E-state index contributed by atoms with van der Waals surface area (Å²) >= 11 is 0. The van der Waals surface area contributed by atoms with E-state index in [1.54, 1.807) is 69.5 Å². The molecule has 5 nitrogen and oxygen atoms in total. The number of esters is 1. The van der Waals surface area contributed by atoms with E-state index in [1.165, 1.54) is 0 Å². The van der Waals surface area contributed by atoms with Crippen LogP contribution in [-0.2, 0) is 4.74 Å². The highest BCUT2D eigenvalue weighted by Gasteiger charge is 2.10. The number of nitrogens with one attached hydrogen (secondary N) is 1. The molecule has 0 aliphatic heterocycles. The van der Waals surface area contributed by atoms with E-state index in [0.717, 1.165) is 0 Å². The van der Waals surface area contributed by atoms with E-state index in [9.17, 15) is 9.59 Å². The van der Waals surface area contributed by atoms with Gasteiger partial charge in [0.2, 0.25) is 0 Å². The molecular formula is C18H19NO4. The molecule has 1 N–H and O–H groups in total. The van der Waals surface area contributed by atoms with Gasteiger partial charge in [-0.15, -0.1) is 0 Å². The smallest absolute Gasteiger partial charge is 0.338 e. The minimum atomic E-state index is -0.384. The fraction of sp³-hybridized carbons (Fsp3) is 0.222. The Hall–Kier alpha value is -2.82. The van der Waals surface area contributed by atoms with Crippen molar-refractivity contribution in [3.8, 4) is 5.75 Å². The van der Waals surface area contributed by atoms with Gasteiger partial charge in [-0.1, -0.05) is 6.07 Å². The second kappa shape index (κ2) is 7.45. The second-order valence-corrected chi connectivity index (χ2v) is 5.22. The molecule has 0 bridgehead atoms. The van der Waals surface area contributed by atoms with Crippen molar-refractivity contribution in [3.05, 3.63) is 59.7 Å². The topological polar surface area (TPSA) is 64.6 Å². The Bertz CT molecular complexity index is 692. The standard InChI is InChI=1S/C18H19NO4/c1-12(2)23-18(21)13-7-9-15(10-8-13)19-17(20)14-5-4-6-16(11-14)22-3/h4-12H,1-3H3,(H,19,20).